The molecule has 150 valence electrons. The third-order valence-electron chi connectivity index (χ3n) is 4.65. The van der Waals surface area contributed by atoms with E-state index in [1.54, 1.807) is 30.3 Å². The van der Waals surface area contributed by atoms with Crippen LogP contribution in [0.5, 0.6) is 11.5 Å². The van der Waals surface area contributed by atoms with Gasteiger partial charge in [0.25, 0.3) is 5.91 Å². The smallest absolute Gasteiger partial charge is 0.379 e. The number of thioether (sulfide) groups is 1. The minimum Gasteiger partial charge on any atom is -0.493 e. The van der Waals surface area contributed by atoms with E-state index < -0.39 is 5.97 Å². The van der Waals surface area contributed by atoms with Crippen molar-refractivity contribution < 1.29 is 23.5 Å². The Labute approximate surface area is 172 Å². The Bertz CT molecular complexity index is 975. The number of nitrogens with zero attached hydrogens (tertiary/aromatic N) is 2. The fourth-order valence-corrected chi connectivity index (χ4v) is 4.14. The molecule has 7 nitrogen and oxygen atoms in total. The normalized spacial score (nSPS) is 18.1. The molecule has 0 N–H and O–H groups in total. The maximum Gasteiger partial charge on any atom is 0.379 e. The lowest BCUT2D eigenvalue weighted by Crippen LogP contribution is -2.33. The summed E-state index contributed by atoms with van der Waals surface area (Å²) in [5.41, 5.74) is 0.755. The number of aliphatic imine (C=N–C) groups is 1. The topological polar surface area (TPSA) is 81.3 Å². The number of likely N-dealkylation sites (tertiary alicyclic amines) is 1. The summed E-state index contributed by atoms with van der Waals surface area (Å²) in [5.74, 6) is -0.0875. The molecular formula is C21H20N2O5S. The number of carbonyl (C=O) groups excluding carboxylic acids is 2. The number of carbonyl (C=O) groups is 2. The van der Waals surface area contributed by atoms with E-state index in [0.29, 0.717) is 10.7 Å². The van der Waals surface area contributed by atoms with Gasteiger partial charge < -0.3 is 18.8 Å². The van der Waals surface area contributed by atoms with Crippen molar-refractivity contribution in [1.82, 2.24) is 4.90 Å². The fourth-order valence-electron chi connectivity index (χ4n) is 3.17. The minimum absolute atomic E-state index is 0.105. The molecule has 1 amide bonds. The highest BCUT2D eigenvalue weighted by molar-refractivity contribution is 8.18. The maximum atomic E-state index is 12.3. The summed E-state index contributed by atoms with van der Waals surface area (Å²) in [4.78, 5) is 31.3. The van der Waals surface area contributed by atoms with Gasteiger partial charge in [-0.05, 0) is 66.9 Å². The Morgan fingerprint density at radius 2 is 2.03 bits per heavy atom. The van der Waals surface area contributed by atoms with Gasteiger partial charge >= 0.3 is 5.97 Å². The Kier molecular flexibility index (Phi) is 5.71. The molecule has 8 heteroatoms. The number of amidine groups is 1. The van der Waals surface area contributed by atoms with Crippen LogP contribution in [-0.4, -0.2) is 42.1 Å². The lowest BCUT2D eigenvalue weighted by Gasteiger charge is -2.27. The molecule has 1 fully saturated rings. The summed E-state index contributed by atoms with van der Waals surface area (Å²) in [7, 11) is 1.49. The largest absolute Gasteiger partial charge is 0.493 e. The van der Waals surface area contributed by atoms with Gasteiger partial charge in [-0.2, -0.15) is 4.99 Å². The van der Waals surface area contributed by atoms with Crippen molar-refractivity contribution in [2.45, 2.75) is 19.3 Å². The number of rotatable bonds is 4. The predicted octanol–water partition coefficient (Wildman–Crippen LogP) is 3.96. The highest BCUT2D eigenvalue weighted by Gasteiger charge is 2.27. The minimum atomic E-state index is -0.611. The van der Waals surface area contributed by atoms with E-state index >= 15 is 0 Å². The van der Waals surface area contributed by atoms with Gasteiger partial charge in [0, 0.05) is 13.1 Å². The van der Waals surface area contributed by atoms with Crippen LogP contribution < -0.4 is 9.47 Å². The van der Waals surface area contributed by atoms with E-state index in [1.807, 2.05) is 0 Å². The van der Waals surface area contributed by atoms with Crippen LogP contribution in [0.2, 0.25) is 0 Å². The van der Waals surface area contributed by atoms with Crippen LogP contribution in [-0.2, 0) is 4.79 Å². The molecule has 1 aromatic heterocycles. The molecular weight excluding hydrogens is 392 g/mol. The maximum absolute atomic E-state index is 12.3. The zero-order valence-corrected chi connectivity index (χ0v) is 16.7. The van der Waals surface area contributed by atoms with Gasteiger partial charge in [-0.1, -0.05) is 6.07 Å². The molecule has 29 heavy (non-hydrogen) atoms. The molecule has 2 aliphatic heterocycles. The third kappa shape index (κ3) is 4.37. The summed E-state index contributed by atoms with van der Waals surface area (Å²) >= 11 is 1.40. The number of piperidine rings is 1. The predicted molar refractivity (Wildman–Crippen MR) is 110 cm³/mol. The van der Waals surface area contributed by atoms with Gasteiger partial charge in [0.15, 0.2) is 16.7 Å². The summed E-state index contributed by atoms with van der Waals surface area (Å²) in [6.45, 7) is 1.88. The molecule has 0 spiro atoms. The number of ether oxygens (including phenoxy) is 2. The van der Waals surface area contributed by atoms with E-state index in [4.69, 9.17) is 13.9 Å². The van der Waals surface area contributed by atoms with Crippen molar-refractivity contribution in [2.24, 2.45) is 4.99 Å². The first-order chi connectivity index (χ1) is 14.1. The summed E-state index contributed by atoms with van der Waals surface area (Å²) in [6.07, 6.45) is 6.65. The second-order valence-corrected chi connectivity index (χ2v) is 7.64. The molecule has 0 radical (unpaired) electrons. The third-order valence-corrected chi connectivity index (χ3v) is 5.69. The lowest BCUT2D eigenvalue weighted by atomic mass is 10.1. The van der Waals surface area contributed by atoms with Crippen LogP contribution in [0.1, 0.15) is 35.4 Å². The van der Waals surface area contributed by atoms with Crippen LogP contribution in [0, 0.1) is 0 Å². The highest BCUT2D eigenvalue weighted by atomic mass is 32.2. The average molecular weight is 412 g/mol. The van der Waals surface area contributed by atoms with E-state index in [-0.39, 0.29) is 17.4 Å². The Morgan fingerprint density at radius 1 is 1.21 bits per heavy atom. The van der Waals surface area contributed by atoms with Gasteiger partial charge in [0.05, 0.1) is 18.3 Å². The Morgan fingerprint density at radius 3 is 2.76 bits per heavy atom. The molecule has 0 saturated carbocycles. The van der Waals surface area contributed by atoms with Crippen LogP contribution in [0.15, 0.2) is 50.9 Å². The second kappa shape index (κ2) is 8.57. The number of hydrogen-bond donors (Lipinski definition) is 0. The van der Waals surface area contributed by atoms with Crippen LogP contribution >= 0.6 is 11.8 Å². The van der Waals surface area contributed by atoms with E-state index in [1.165, 1.54) is 37.6 Å². The van der Waals surface area contributed by atoms with Crippen molar-refractivity contribution in [3.05, 3.63) is 52.8 Å². The summed E-state index contributed by atoms with van der Waals surface area (Å²) < 4.78 is 15.7. The van der Waals surface area contributed by atoms with Crippen molar-refractivity contribution in [2.75, 3.05) is 20.2 Å². The summed E-state index contributed by atoms with van der Waals surface area (Å²) in [5, 5.41) is 0.775. The first-order valence-electron chi connectivity index (χ1n) is 9.35. The zero-order chi connectivity index (χ0) is 20.2. The Balaban J connectivity index is 1.49. The quantitative estimate of drug-likeness (QED) is 0.427. The first-order valence-corrected chi connectivity index (χ1v) is 10.2. The number of benzene rings is 1. The monoisotopic (exact) mass is 412 g/mol. The highest BCUT2D eigenvalue weighted by Crippen LogP contribution is 2.34. The molecule has 1 saturated heterocycles. The molecule has 3 heterocycles. The number of furan rings is 1. The van der Waals surface area contributed by atoms with Crippen molar-refractivity contribution >= 4 is 34.9 Å². The number of methoxy groups -OCH3 is 1. The molecule has 0 atom stereocenters. The van der Waals surface area contributed by atoms with Crippen LogP contribution in [0.25, 0.3) is 6.08 Å². The zero-order valence-electron chi connectivity index (χ0n) is 15.9. The number of amides is 1. The van der Waals surface area contributed by atoms with Gasteiger partial charge in [-0.3, -0.25) is 4.79 Å². The molecule has 2 aliphatic rings. The van der Waals surface area contributed by atoms with Gasteiger partial charge in [0.1, 0.15) is 0 Å². The van der Waals surface area contributed by atoms with Gasteiger partial charge in [-0.25, -0.2) is 4.79 Å². The lowest BCUT2D eigenvalue weighted by molar-refractivity contribution is -0.113. The van der Waals surface area contributed by atoms with Crippen molar-refractivity contribution in [3.8, 4) is 11.5 Å². The van der Waals surface area contributed by atoms with Gasteiger partial charge in [-0.15, -0.1) is 0 Å². The van der Waals surface area contributed by atoms with E-state index in [0.717, 1.165) is 36.7 Å². The molecule has 0 aliphatic carbocycles. The molecule has 2 aromatic rings. The van der Waals surface area contributed by atoms with Crippen LogP contribution in [0.4, 0.5) is 0 Å². The van der Waals surface area contributed by atoms with Crippen molar-refractivity contribution in [1.29, 1.82) is 0 Å². The molecule has 4 rings (SSSR count). The van der Waals surface area contributed by atoms with Gasteiger partial charge in [0.2, 0.25) is 5.76 Å². The number of esters is 1. The van der Waals surface area contributed by atoms with E-state index in [2.05, 4.69) is 9.89 Å². The molecule has 0 bridgehead atoms. The first kappa shape index (κ1) is 19.3. The molecule has 1 aromatic carbocycles. The number of hydrogen-bond acceptors (Lipinski definition) is 7. The van der Waals surface area contributed by atoms with Crippen molar-refractivity contribution in [3.63, 3.8) is 0 Å². The average Bonchev–Trinajstić information content (AvgIpc) is 3.40. The molecule has 0 unspecified atom stereocenters. The standard InChI is InChI=1S/C21H20N2O5S/c1-26-17-12-14(7-8-15(17)28-20(25)16-6-5-11-27-16)13-18-19(24)22-21(29-18)23-9-3-2-4-10-23/h5-8,11-13H,2-4,9-10H2,1H3/b18-13-. The van der Waals surface area contributed by atoms with Crippen LogP contribution in [0.3, 0.4) is 0 Å². The van der Waals surface area contributed by atoms with E-state index in [9.17, 15) is 9.59 Å². The second-order valence-electron chi connectivity index (χ2n) is 6.64. The summed E-state index contributed by atoms with van der Waals surface area (Å²) in [6, 6.07) is 8.23. The fraction of sp³-hybridized carbons (Fsp3) is 0.286. The Hall–Kier alpha value is -3.00. The SMILES string of the molecule is COc1cc(/C=C2\SC(N3CCCCC3)=NC2=O)ccc1OC(=O)c1ccco1.